The second kappa shape index (κ2) is 14.0. The van der Waals surface area contributed by atoms with Crippen LogP contribution in [-0.4, -0.2) is 51.9 Å². The molecule has 0 aliphatic heterocycles. The quantitative estimate of drug-likeness (QED) is 0.250. The zero-order chi connectivity index (χ0) is 31.0. The molecule has 0 heterocycles. The van der Waals surface area contributed by atoms with Crippen LogP contribution in [0.3, 0.4) is 0 Å². The molecule has 1 atom stereocenters. The molecule has 224 valence electrons. The van der Waals surface area contributed by atoms with Gasteiger partial charge in [0.2, 0.25) is 11.8 Å². The second-order valence-corrected chi connectivity index (χ2v) is 12.2. The number of sulfonamides is 1. The summed E-state index contributed by atoms with van der Waals surface area (Å²) < 4.78 is 34.6. The molecule has 0 saturated heterocycles. The highest BCUT2D eigenvalue weighted by molar-refractivity contribution is 7.92. The van der Waals surface area contributed by atoms with Crippen molar-refractivity contribution in [1.29, 1.82) is 0 Å². The first-order valence-corrected chi connectivity index (χ1v) is 15.4. The Morgan fingerprint density at radius 2 is 1.44 bits per heavy atom. The number of benzene rings is 4. The van der Waals surface area contributed by atoms with E-state index in [1.54, 1.807) is 36.4 Å². The van der Waals surface area contributed by atoms with Gasteiger partial charge < -0.3 is 15.0 Å². The second-order valence-electron chi connectivity index (χ2n) is 10.4. The summed E-state index contributed by atoms with van der Waals surface area (Å²) in [6.45, 7) is 3.42. The number of ether oxygens (including phenoxy) is 1. The molecule has 43 heavy (non-hydrogen) atoms. The van der Waals surface area contributed by atoms with Gasteiger partial charge in [-0.05, 0) is 49.2 Å². The molecule has 0 bridgehead atoms. The molecule has 0 saturated carbocycles. The van der Waals surface area contributed by atoms with Gasteiger partial charge in [-0.3, -0.25) is 13.9 Å². The predicted octanol–water partition coefficient (Wildman–Crippen LogP) is 4.89. The van der Waals surface area contributed by atoms with E-state index in [4.69, 9.17) is 4.74 Å². The summed E-state index contributed by atoms with van der Waals surface area (Å²) >= 11 is 0. The van der Waals surface area contributed by atoms with Crippen molar-refractivity contribution in [3.63, 3.8) is 0 Å². The third-order valence-electron chi connectivity index (χ3n) is 7.22. The zero-order valence-corrected chi connectivity index (χ0v) is 25.7. The van der Waals surface area contributed by atoms with Gasteiger partial charge in [0.15, 0.2) is 0 Å². The number of likely N-dealkylation sites (N-methyl/N-ethyl adjacent to an activating group) is 1. The molecule has 4 rings (SSSR count). The highest BCUT2D eigenvalue weighted by atomic mass is 32.2. The summed E-state index contributed by atoms with van der Waals surface area (Å²) in [4.78, 5) is 29.2. The van der Waals surface area contributed by atoms with Crippen LogP contribution in [-0.2, 0) is 32.6 Å². The Balaban J connectivity index is 1.79. The Kier molecular flexibility index (Phi) is 10.2. The highest BCUT2D eigenvalue weighted by Crippen LogP contribution is 2.28. The normalized spacial score (nSPS) is 11.8. The molecule has 0 radical (unpaired) electrons. The van der Waals surface area contributed by atoms with Crippen LogP contribution in [0.15, 0.2) is 108 Å². The maximum atomic E-state index is 14.3. The molecular formula is C34H37N3O5S. The molecule has 4 aromatic rings. The van der Waals surface area contributed by atoms with Crippen molar-refractivity contribution in [1.82, 2.24) is 10.2 Å². The largest absolute Gasteiger partial charge is 0.497 e. The lowest BCUT2D eigenvalue weighted by atomic mass is 10.0. The number of aryl methyl sites for hydroxylation is 2. The van der Waals surface area contributed by atoms with Gasteiger partial charge in [-0.2, -0.15) is 0 Å². The number of methoxy groups -OCH3 is 1. The van der Waals surface area contributed by atoms with E-state index in [2.05, 4.69) is 5.32 Å². The highest BCUT2D eigenvalue weighted by Gasteiger charge is 2.34. The van der Waals surface area contributed by atoms with E-state index in [0.29, 0.717) is 5.75 Å². The Labute approximate surface area is 254 Å². The van der Waals surface area contributed by atoms with Crippen LogP contribution in [0.5, 0.6) is 5.75 Å². The fourth-order valence-corrected chi connectivity index (χ4v) is 6.15. The summed E-state index contributed by atoms with van der Waals surface area (Å²) in [6, 6.07) is 29.3. The molecular weight excluding hydrogens is 562 g/mol. The SMILES string of the molecule is CNC(=O)C(Cc1ccccc1)N(Cc1ccc(C)cc1)C(=O)CN(c1cccc(OC)c1)S(=O)(=O)c1ccc(C)cc1. The zero-order valence-electron chi connectivity index (χ0n) is 24.9. The fraction of sp³-hybridized carbons (Fsp3) is 0.235. The standard InChI is InChI=1S/C34H37N3O5S/c1-25-13-17-28(18-14-25)23-36(32(34(39)35-3)21-27-9-6-5-7-10-27)33(38)24-37(29-11-8-12-30(22-29)42-4)43(40,41)31-19-15-26(2)16-20-31/h5-20,22,32H,21,23-24H2,1-4H3,(H,35,39). The van der Waals surface area contributed by atoms with Gasteiger partial charge >= 0.3 is 0 Å². The van der Waals surface area contributed by atoms with Gasteiger partial charge in [0.25, 0.3) is 10.0 Å². The van der Waals surface area contributed by atoms with Gasteiger partial charge in [-0.25, -0.2) is 8.42 Å². The molecule has 0 aliphatic carbocycles. The monoisotopic (exact) mass is 599 g/mol. The van der Waals surface area contributed by atoms with E-state index in [1.165, 1.54) is 31.2 Å². The minimum absolute atomic E-state index is 0.0472. The van der Waals surface area contributed by atoms with E-state index < -0.39 is 28.5 Å². The van der Waals surface area contributed by atoms with Crippen LogP contribution < -0.4 is 14.4 Å². The third-order valence-corrected chi connectivity index (χ3v) is 9.01. The van der Waals surface area contributed by atoms with Crippen LogP contribution in [0.2, 0.25) is 0 Å². The van der Waals surface area contributed by atoms with Crippen molar-refractivity contribution in [2.75, 3.05) is 25.0 Å². The Morgan fingerprint density at radius 1 is 0.814 bits per heavy atom. The van der Waals surface area contributed by atoms with Crippen molar-refractivity contribution in [3.05, 3.63) is 125 Å². The van der Waals surface area contributed by atoms with Crippen LogP contribution >= 0.6 is 0 Å². The maximum absolute atomic E-state index is 14.3. The van der Waals surface area contributed by atoms with E-state index in [9.17, 15) is 18.0 Å². The molecule has 1 N–H and O–H groups in total. The minimum Gasteiger partial charge on any atom is -0.497 e. The van der Waals surface area contributed by atoms with E-state index in [0.717, 1.165) is 26.6 Å². The first-order valence-electron chi connectivity index (χ1n) is 14.0. The first-order chi connectivity index (χ1) is 20.6. The van der Waals surface area contributed by atoms with Crippen LogP contribution in [0.4, 0.5) is 5.69 Å². The predicted molar refractivity (Wildman–Crippen MR) is 168 cm³/mol. The van der Waals surface area contributed by atoms with Gasteiger partial charge in [0, 0.05) is 26.1 Å². The average molecular weight is 600 g/mol. The lowest BCUT2D eigenvalue weighted by Crippen LogP contribution is -2.53. The van der Waals surface area contributed by atoms with Crippen molar-refractivity contribution in [3.8, 4) is 5.75 Å². The first kappa shape index (κ1) is 31.3. The van der Waals surface area contributed by atoms with Gasteiger partial charge in [0.05, 0.1) is 17.7 Å². The van der Waals surface area contributed by atoms with Crippen molar-refractivity contribution >= 4 is 27.5 Å². The fourth-order valence-electron chi connectivity index (χ4n) is 4.74. The van der Waals surface area contributed by atoms with E-state index in [1.807, 2.05) is 68.4 Å². The van der Waals surface area contributed by atoms with Crippen LogP contribution in [0.25, 0.3) is 0 Å². The van der Waals surface area contributed by atoms with Crippen molar-refractivity contribution < 1.29 is 22.7 Å². The maximum Gasteiger partial charge on any atom is 0.264 e. The van der Waals surface area contributed by atoms with Gasteiger partial charge in [-0.15, -0.1) is 0 Å². The average Bonchev–Trinajstić information content (AvgIpc) is 3.02. The molecule has 8 nitrogen and oxygen atoms in total. The molecule has 2 amide bonds. The number of rotatable bonds is 12. The molecule has 0 spiro atoms. The minimum atomic E-state index is -4.18. The summed E-state index contributed by atoms with van der Waals surface area (Å²) in [6.07, 6.45) is 0.252. The molecule has 9 heteroatoms. The number of hydrogen-bond donors (Lipinski definition) is 1. The van der Waals surface area contributed by atoms with E-state index >= 15 is 0 Å². The third kappa shape index (κ3) is 7.81. The number of nitrogens with one attached hydrogen (secondary N) is 1. The summed E-state index contributed by atoms with van der Waals surface area (Å²) in [5.41, 5.74) is 3.91. The van der Waals surface area contributed by atoms with E-state index in [-0.39, 0.29) is 29.5 Å². The number of hydrogen-bond acceptors (Lipinski definition) is 5. The number of carbonyl (C=O) groups is 2. The Hall–Kier alpha value is -4.63. The molecule has 1 unspecified atom stereocenters. The molecule has 0 aromatic heterocycles. The number of carbonyl (C=O) groups excluding carboxylic acids is 2. The molecule has 4 aromatic carbocycles. The lowest BCUT2D eigenvalue weighted by Gasteiger charge is -2.33. The van der Waals surface area contributed by atoms with Crippen LogP contribution in [0, 0.1) is 13.8 Å². The van der Waals surface area contributed by atoms with Gasteiger partial charge in [0.1, 0.15) is 18.3 Å². The number of nitrogens with zero attached hydrogens (tertiary/aromatic N) is 2. The Morgan fingerprint density at radius 3 is 2.05 bits per heavy atom. The molecule has 0 aliphatic rings. The van der Waals surface area contributed by atoms with Crippen molar-refractivity contribution in [2.24, 2.45) is 0 Å². The molecule has 0 fully saturated rings. The van der Waals surface area contributed by atoms with Crippen LogP contribution in [0.1, 0.15) is 22.3 Å². The number of amides is 2. The van der Waals surface area contributed by atoms with Gasteiger partial charge in [-0.1, -0.05) is 83.9 Å². The van der Waals surface area contributed by atoms with Crippen molar-refractivity contribution in [2.45, 2.75) is 37.8 Å². The lowest BCUT2D eigenvalue weighted by molar-refractivity contribution is -0.139. The smallest absolute Gasteiger partial charge is 0.264 e. The summed E-state index contributed by atoms with van der Waals surface area (Å²) in [5.74, 6) is -0.430. The Bertz CT molecular complexity index is 1640. The summed E-state index contributed by atoms with van der Waals surface area (Å²) in [7, 11) is -1.17. The number of anilines is 1. The topological polar surface area (TPSA) is 96.0 Å². The summed E-state index contributed by atoms with van der Waals surface area (Å²) in [5, 5.41) is 2.70.